The SMILES string of the molecule is Cc1ncsc1C(=O)NCCCCCl. The summed E-state index contributed by atoms with van der Waals surface area (Å²) in [5, 5.41) is 2.83. The minimum Gasteiger partial charge on any atom is -0.351 e. The average Bonchev–Trinajstić information content (AvgIpc) is 2.59. The normalized spacial score (nSPS) is 10.1. The van der Waals surface area contributed by atoms with Crippen molar-refractivity contribution in [2.45, 2.75) is 19.8 Å². The Bertz CT molecular complexity index is 301. The number of halogens is 1. The summed E-state index contributed by atoms with van der Waals surface area (Å²) in [5.74, 6) is 0.620. The number of thiazole rings is 1. The number of unbranched alkanes of at least 4 members (excludes halogenated alkanes) is 1. The highest BCUT2D eigenvalue weighted by molar-refractivity contribution is 7.11. The van der Waals surface area contributed by atoms with Crippen LogP contribution in [0.25, 0.3) is 0 Å². The average molecular weight is 233 g/mol. The van der Waals surface area contributed by atoms with Crippen molar-refractivity contribution in [2.24, 2.45) is 0 Å². The highest BCUT2D eigenvalue weighted by Crippen LogP contribution is 2.11. The third-order valence-corrected chi connectivity index (χ3v) is 2.99. The van der Waals surface area contributed by atoms with Crippen LogP contribution in [-0.4, -0.2) is 23.3 Å². The first kappa shape index (κ1) is 11.5. The Morgan fingerprint density at radius 1 is 1.64 bits per heavy atom. The van der Waals surface area contributed by atoms with Gasteiger partial charge in [0.25, 0.3) is 5.91 Å². The molecule has 78 valence electrons. The lowest BCUT2D eigenvalue weighted by Gasteiger charge is -2.02. The number of alkyl halides is 1. The van der Waals surface area contributed by atoms with Crippen LogP contribution in [-0.2, 0) is 0 Å². The molecule has 1 N–H and O–H groups in total. The molecule has 5 heteroatoms. The second-order valence-electron chi connectivity index (χ2n) is 2.92. The molecule has 0 bridgehead atoms. The van der Waals surface area contributed by atoms with Gasteiger partial charge in [-0.1, -0.05) is 0 Å². The topological polar surface area (TPSA) is 42.0 Å². The maximum absolute atomic E-state index is 11.5. The molecule has 1 rings (SSSR count). The standard InChI is InChI=1S/C9H13ClN2OS/c1-7-8(14-6-12-7)9(13)11-5-3-2-4-10/h6H,2-5H2,1H3,(H,11,13). The van der Waals surface area contributed by atoms with E-state index in [1.807, 2.05) is 6.92 Å². The van der Waals surface area contributed by atoms with Crippen molar-refractivity contribution >= 4 is 28.8 Å². The molecule has 14 heavy (non-hydrogen) atoms. The maximum atomic E-state index is 11.5. The van der Waals surface area contributed by atoms with E-state index in [1.165, 1.54) is 11.3 Å². The number of carbonyl (C=O) groups excluding carboxylic acids is 1. The minimum absolute atomic E-state index is 0.0282. The van der Waals surface area contributed by atoms with Crippen molar-refractivity contribution in [3.63, 3.8) is 0 Å². The van der Waals surface area contributed by atoms with Gasteiger partial charge < -0.3 is 5.32 Å². The van der Waals surface area contributed by atoms with Crippen molar-refractivity contribution in [3.05, 3.63) is 16.1 Å². The molecule has 1 amide bonds. The third-order valence-electron chi connectivity index (χ3n) is 1.80. The first-order valence-electron chi connectivity index (χ1n) is 4.50. The minimum atomic E-state index is -0.0282. The molecule has 0 fully saturated rings. The predicted molar refractivity (Wildman–Crippen MR) is 59.1 cm³/mol. The lowest BCUT2D eigenvalue weighted by molar-refractivity contribution is 0.0956. The fourth-order valence-corrected chi connectivity index (χ4v) is 1.93. The Morgan fingerprint density at radius 2 is 2.43 bits per heavy atom. The molecule has 0 radical (unpaired) electrons. The zero-order valence-corrected chi connectivity index (χ0v) is 9.62. The number of carbonyl (C=O) groups is 1. The molecular weight excluding hydrogens is 220 g/mol. The zero-order chi connectivity index (χ0) is 10.4. The van der Waals surface area contributed by atoms with E-state index in [9.17, 15) is 4.79 Å². The quantitative estimate of drug-likeness (QED) is 0.625. The van der Waals surface area contributed by atoms with E-state index < -0.39 is 0 Å². The van der Waals surface area contributed by atoms with E-state index in [1.54, 1.807) is 5.51 Å². The summed E-state index contributed by atoms with van der Waals surface area (Å²) in [6, 6.07) is 0. The van der Waals surface area contributed by atoms with Crippen molar-refractivity contribution in [1.82, 2.24) is 10.3 Å². The lowest BCUT2D eigenvalue weighted by Crippen LogP contribution is -2.24. The van der Waals surface area contributed by atoms with Crippen LogP contribution in [0.1, 0.15) is 28.2 Å². The molecule has 0 aliphatic carbocycles. The Kier molecular flexibility index (Phi) is 4.90. The van der Waals surface area contributed by atoms with Crippen LogP contribution in [0.2, 0.25) is 0 Å². The van der Waals surface area contributed by atoms with Crippen LogP contribution in [0.4, 0.5) is 0 Å². The van der Waals surface area contributed by atoms with Gasteiger partial charge in [0.2, 0.25) is 0 Å². The number of rotatable bonds is 5. The summed E-state index contributed by atoms with van der Waals surface area (Å²) in [6.45, 7) is 2.52. The molecule has 0 atom stereocenters. The first-order chi connectivity index (χ1) is 6.75. The number of nitrogens with zero attached hydrogens (tertiary/aromatic N) is 1. The summed E-state index contributed by atoms with van der Waals surface area (Å²) < 4.78 is 0. The fraction of sp³-hybridized carbons (Fsp3) is 0.556. The van der Waals surface area contributed by atoms with E-state index in [2.05, 4.69) is 10.3 Å². The van der Waals surface area contributed by atoms with Crippen LogP contribution >= 0.6 is 22.9 Å². The summed E-state index contributed by atoms with van der Waals surface area (Å²) >= 11 is 6.89. The van der Waals surface area contributed by atoms with E-state index in [0.29, 0.717) is 17.3 Å². The van der Waals surface area contributed by atoms with Crippen molar-refractivity contribution in [3.8, 4) is 0 Å². The monoisotopic (exact) mass is 232 g/mol. The van der Waals surface area contributed by atoms with Gasteiger partial charge in [0.05, 0.1) is 11.2 Å². The zero-order valence-electron chi connectivity index (χ0n) is 8.05. The highest BCUT2D eigenvalue weighted by Gasteiger charge is 2.09. The lowest BCUT2D eigenvalue weighted by atomic mass is 10.3. The Morgan fingerprint density at radius 3 is 3.00 bits per heavy atom. The predicted octanol–water partition coefficient (Wildman–Crippen LogP) is 2.20. The molecule has 0 unspecified atom stereocenters. The molecular formula is C9H13ClN2OS. The summed E-state index contributed by atoms with van der Waals surface area (Å²) in [6.07, 6.45) is 1.86. The Balaban J connectivity index is 2.32. The van der Waals surface area contributed by atoms with Gasteiger partial charge in [-0.3, -0.25) is 4.79 Å². The number of nitrogens with one attached hydrogen (secondary N) is 1. The van der Waals surface area contributed by atoms with Gasteiger partial charge in [-0.05, 0) is 19.8 Å². The fourth-order valence-electron chi connectivity index (χ4n) is 1.02. The molecule has 0 aliphatic rings. The van der Waals surface area contributed by atoms with Crippen LogP contribution in [0.15, 0.2) is 5.51 Å². The Labute approximate surface area is 92.5 Å². The van der Waals surface area contributed by atoms with Crippen molar-refractivity contribution in [1.29, 1.82) is 0 Å². The number of aryl methyl sites for hydroxylation is 1. The molecule has 0 saturated heterocycles. The summed E-state index contributed by atoms with van der Waals surface area (Å²) in [4.78, 5) is 16.2. The second kappa shape index (κ2) is 5.98. The summed E-state index contributed by atoms with van der Waals surface area (Å²) in [5.41, 5.74) is 2.48. The maximum Gasteiger partial charge on any atom is 0.263 e. The van der Waals surface area contributed by atoms with Crippen LogP contribution in [0, 0.1) is 6.92 Å². The highest BCUT2D eigenvalue weighted by atomic mass is 35.5. The number of amides is 1. The number of aromatic nitrogens is 1. The van der Waals surface area contributed by atoms with Gasteiger partial charge in [-0.15, -0.1) is 22.9 Å². The van der Waals surface area contributed by atoms with E-state index >= 15 is 0 Å². The van der Waals surface area contributed by atoms with Crippen molar-refractivity contribution in [2.75, 3.05) is 12.4 Å². The molecule has 1 heterocycles. The number of hydrogen-bond donors (Lipinski definition) is 1. The van der Waals surface area contributed by atoms with E-state index in [0.717, 1.165) is 18.5 Å². The molecule has 1 aromatic rings. The second-order valence-corrected chi connectivity index (χ2v) is 4.15. The Hall–Kier alpha value is -0.610. The molecule has 1 aromatic heterocycles. The first-order valence-corrected chi connectivity index (χ1v) is 5.91. The molecule has 0 aromatic carbocycles. The summed E-state index contributed by atoms with van der Waals surface area (Å²) in [7, 11) is 0. The van der Waals surface area contributed by atoms with E-state index in [-0.39, 0.29) is 5.91 Å². The van der Waals surface area contributed by atoms with Crippen LogP contribution < -0.4 is 5.32 Å². The van der Waals surface area contributed by atoms with Gasteiger partial charge in [-0.2, -0.15) is 0 Å². The smallest absolute Gasteiger partial charge is 0.263 e. The van der Waals surface area contributed by atoms with Crippen LogP contribution in [0.5, 0.6) is 0 Å². The molecule has 0 spiro atoms. The van der Waals surface area contributed by atoms with Crippen LogP contribution in [0.3, 0.4) is 0 Å². The van der Waals surface area contributed by atoms with Gasteiger partial charge in [-0.25, -0.2) is 4.98 Å². The van der Waals surface area contributed by atoms with Gasteiger partial charge in [0.1, 0.15) is 4.88 Å². The van der Waals surface area contributed by atoms with Crippen molar-refractivity contribution < 1.29 is 4.79 Å². The largest absolute Gasteiger partial charge is 0.351 e. The van der Waals surface area contributed by atoms with E-state index in [4.69, 9.17) is 11.6 Å². The van der Waals surface area contributed by atoms with Gasteiger partial charge in [0, 0.05) is 12.4 Å². The molecule has 0 aliphatic heterocycles. The number of hydrogen-bond acceptors (Lipinski definition) is 3. The third kappa shape index (κ3) is 3.27. The molecule has 0 saturated carbocycles. The van der Waals surface area contributed by atoms with Gasteiger partial charge in [0.15, 0.2) is 0 Å². The molecule has 3 nitrogen and oxygen atoms in total. The van der Waals surface area contributed by atoms with Gasteiger partial charge >= 0.3 is 0 Å².